The first-order valence-corrected chi connectivity index (χ1v) is 11.0. The minimum absolute atomic E-state index is 0.0705. The van der Waals surface area contributed by atoms with Gasteiger partial charge in [-0.15, -0.1) is 0 Å². The highest BCUT2D eigenvalue weighted by Gasteiger charge is 2.43. The van der Waals surface area contributed by atoms with Crippen LogP contribution in [0.3, 0.4) is 0 Å². The van der Waals surface area contributed by atoms with Gasteiger partial charge in [0.1, 0.15) is 6.04 Å². The number of carbonyl (C=O) groups is 1. The van der Waals surface area contributed by atoms with Gasteiger partial charge in [-0.1, -0.05) is 41.4 Å². The van der Waals surface area contributed by atoms with E-state index >= 15 is 0 Å². The molecule has 1 atom stereocenters. The van der Waals surface area contributed by atoms with Gasteiger partial charge < -0.3 is 4.90 Å². The number of amides is 1. The van der Waals surface area contributed by atoms with Crippen molar-refractivity contribution in [3.63, 3.8) is 0 Å². The number of hydrogen-bond donors (Lipinski definition) is 0. The molecule has 1 aliphatic carbocycles. The molecule has 2 heterocycles. The van der Waals surface area contributed by atoms with E-state index in [1.807, 2.05) is 24.3 Å². The number of benzene rings is 1. The first-order chi connectivity index (χ1) is 14.7. The van der Waals surface area contributed by atoms with Crippen molar-refractivity contribution in [1.29, 1.82) is 0 Å². The van der Waals surface area contributed by atoms with Crippen LogP contribution < -0.4 is 0 Å². The van der Waals surface area contributed by atoms with Gasteiger partial charge in [0, 0.05) is 43.7 Å². The Morgan fingerprint density at radius 1 is 1.16 bits per heavy atom. The number of halogens is 5. The number of aromatic nitrogens is 2. The number of piperazine rings is 1. The van der Waals surface area contributed by atoms with Crippen molar-refractivity contribution in [2.75, 3.05) is 26.2 Å². The van der Waals surface area contributed by atoms with Crippen molar-refractivity contribution in [3.05, 3.63) is 51.3 Å². The average Bonchev–Trinajstić information content (AvgIpc) is 3.50. The molecule has 0 bridgehead atoms. The molecule has 4 rings (SSSR count). The topological polar surface area (TPSA) is 41.4 Å². The minimum atomic E-state index is -4.65. The van der Waals surface area contributed by atoms with Crippen molar-refractivity contribution in [2.45, 2.75) is 44.4 Å². The fourth-order valence-corrected chi connectivity index (χ4v) is 4.57. The van der Waals surface area contributed by atoms with E-state index in [-0.39, 0.29) is 16.8 Å². The lowest BCUT2D eigenvalue weighted by molar-refractivity contribution is -0.142. The predicted octanol–water partition coefficient (Wildman–Crippen LogP) is 4.99. The lowest BCUT2D eigenvalue weighted by Gasteiger charge is -2.36. The van der Waals surface area contributed by atoms with Crippen LogP contribution in [0.25, 0.3) is 0 Å². The zero-order valence-corrected chi connectivity index (χ0v) is 18.5. The van der Waals surface area contributed by atoms with Crippen LogP contribution in [-0.4, -0.2) is 51.7 Å². The van der Waals surface area contributed by atoms with E-state index in [9.17, 15) is 18.0 Å². The summed E-state index contributed by atoms with van der Waals surface area (Å²) >= 11 is 12.3. The van der Waals surface area contributed by atoms with Crippen LogP contribution in [0, 0.1) is 0 Å². The first kappa shape index (κ1) is 22.4. The molecule has 1 aliphatic heterocycles. The molecule has 1 unspecified atom stereocenters. The molecule has 168 valence electrons. The summed E-state index contributed by atoms with van der Waals surface area (Å²) in [6.45, 7) is 4.58. The van der Waals surface area contributed by atoms with E-state index in [2.05, 4.69) is 10.00 Å². The summed E-state index contributed by atoms with van der Waals surface area (Å²) in [4.78, 5) is 17.0. The molecule has 1 amide bonds. The van der Waals surface area contributed by atoms with Crippen LogP contribution in [0.15, 0.2) is 24.3 Å². The Labute approximate surface area is 188 Å². The fourth-order valence-electron chi connectivity index (χ4n) is 3.99. The Kier molecular flexibility index (Phi) is 6.25. The van der Waals surface area contributed by atoms with E-state index in [0.717, 1.165) is 18.4 Å². The molecule has 1 aromatic carbocycles. The number of nitrogens with zero attached hydrogens (tertiary/aromatic N) is 4. The molecular formula is C21H23Cl2F3N4O. The molecule has 2 aromatic rings. The second-order valence-corrected chi connectivity index (χ2v) is 8.92. The monoisotopic (exact) mass is 474 g/mol. The standard InChI is InChI=1S/C21H23Cl2F3N4O/c1-13(30-18(14-6-7-14)17(23)19(27-30)21(24,25)26)20(31)29-10-8-28(9-11-29)12-15-4-2-3-5-16(15)22/h2-5,13-14H,6-12H2,1H3. The van der Waals surface area contributed by atoms with Crippen LogP contribution in [0.1, 0.15) is 48.7 Å². The average molecular weight is 475 g/mol. The van der Waals surface area contributed by atoms with Crippen LogP contribution >= 0.6 is 23.2 Å². The zero-order valence-electron chi connectivity index (χ0n) is 17.0. The third kappa shape index (κ3) is 4.71. The van der Waals surface area contributed by atoms with Gasteiger partial charge in [0.15, 0.2) is 5.69 Å². The van der Waals surface area contributed by atoms with Gasteiger partial charge in [0.25, 0.3) is 0 Å². The third-order valence-electron chi connectivity index (χ3n) is 5.88. The molecule has 1 aromatic heterocycles. The maximum absolute atomic E-state index is 13.3. The highest BCUT2D eigenvalue weighted by Crippen LogP contribution is 2.47. The highest BCUT2D eigenvalue weighted by molar-refractivity contribution is 6.32. The Morgan fingerprint density at radius 3 is 2.39 bits per heavy atom. The lowest BCUT2D eigenvalue weighted by Crippen LogP contribution is -2.50. The third-order valence-corrected chi connectivity index (χ3v) is 6.62. The van der Waals surface area contributed by atoms with Gasteiger partial charge in [-0.25, -0.2) is 0 Å². The van der Waals surface area contributed by atoms with Gasteiger partial charge in [-0.05, 0) is 31.4 Å². The van der Waals surface area contributed by atoms with E-state index in [4.69, 9.17) is 23.2 Å². The van der Waals surface area contributed by atoms with Crippen molar-refractivity contribution in [3.8, 4) is 0 Å². The molecule has 31 heavy (non-hydrogen) atoms. The number of hydrogen-bond acceptors (Lipinski definition) is 3. The smallest absolute Gasteiger partial charge is 0.338 e. The van der Waals surface area contributed by atoms with Crippen LogP contribution in [0.5, 0.6) is 0 Å². The van der Waals surface area contributed by atoms with Crippen molar-refractivity contribution in [2.24, 2.45) is 0 Å². The highest BCUT2D eigenvalue weighted by atomic mass is 35.5. The molecule has 1 saturated carbocycles. The van der Waals surface area contributed by atoms with E-state index in [0.29, 0.717) is 43.4 Å². The van der Waals surface area contributed by atoms with Crippen LogP contribution in [-0.2, 0) is 17.5 Å². The molecule has 10 heteroatoms. The minimum Gasteiger partial charge on any atom is -0.338 e. The molecule has 2 fully saturated rings. The summed E-state index contributed by atoms with van der Waals surface area (Å²) < 4.78 is 41.2. The summed E-state index contributed by atoms with van der Waals surface area (Å²) in [5.74, 6) is -0.314. The Hall–Kier alpha value is -1.77. The molecule has 1 saturated heterocycles. The lowest BCUT2D eigenvalue weighted by atomic mass is 10.1. The molecule has 0 N–H and O–H groups in total. The normalized spacial score (nSPS) is 19.0. The van der Waals surface area contributed by atoms with E-state index in [1.54, 1.807) is 11.8 Å². The predicted molar refractivity (Wildman–Crippen MR) is 112 cm³/mol. The first-order valence-electron chi connectivity index (χ1n) is 10.3. The second-order valence-electron chi connectivity index (χ2n) is 8.13. The zero-order chi connectivity index (χ0) is 22.3. The molecule has 2 aliphatic rings. The molecule has 0 spiro atoms. The molecule has 0 radical (unpaired) electrons. The molecule has 5 nitrogen and oxygen atoms in total. The maximum Gasteiger partial charge on any atom is 0.436 e. The van der Waals surface area contributed by atoms with E-state index < -0.39 is 17.9 Å². The Balaban J connectivity index is 1.44. The second kappa shape index (κ2) is 8.64. The number of rotatable bonds is 5. The molecular weight excluding hydrogens is 452 g/mol. The Morgan fingerprint density at radius 2 is 1.81 bits per heavy atom. The SMILES string of the molecule is CC(C(=O)N1CCN(Cc2ccccc2Cl)CC1)n1nc(C(F)(F)F)c(Cl)c1C1CC1. The van der Waals surface area contributed by atoms with Gasteiger partial charge in [0.05, 0.1) is 10.7 Å². The van der Waals surface area contributed by atoms with Crippen molar-refractivity contribution in [1.82, 2.24) is 19.6 Å². The summed E-state index contributed by atoms with van der Waals surface area (Å²) in [6.07, 6.45) is -3.15. The Bertz CT molecular complexity index is 966. The number of alkyl halides is 3. The van der Waals surface area contributed by atoms with Gasteiger partial charge in [-0.3, -0.25) is 14.4 Å². The summed E-state index contributed by atoms with van der Waals surface area (Å²) in [6, 6.07) is 6.79. The van der Waals surface area contributed by atoms with Gasteiger partial charge in [-0.2, -0.15) is 18.3 Å². The quantitative estimate of drug-likeness (QED) is 0.612. The van der Waals surface area contributed by atoms with Crippen LogP contribution in [0.2, 0.25) is 10.0 Å². The van der Waals surface area contributed by atoms with Gasteiger partial charge >= 0.3 is 6.18 Å². The summed E-state index contributed by atoms with van der Waals surface area (Å²) in [7, 11) is 0. The number of carbonyl (C=O) groups excluding carboxylic acids is 1. The van der Waals surface area contributed by atoms with Crippen molar-refractivity contribution >= 4 is 29.1 Å². The van der Waals surface area contributed by atoms with Crippen LogP contribution in [0.4, 0.5) is 13.2 Å². The largest absolute Gasteiger partial charge is 0.436 e. The maximum atomic E-state index is 13.3. The fraction of sp³-hybridized carbons (Fsp3) is 0.524. The summed E-state index contributed by atoms with van der Waals surface area (Å²) in [5, 5.41) is 4.06. The van der Waals surface area contributed by atoms with Gasteiger partial charge in [0.2, 0.25) is 5.91 Å². The van der Waals surface area contributed by atoms with Crippen molar-refractivity contribution < 1.29 is 18.0 Å². The van der Waals surface area contributed by atoms with E-state index in [1.165, 1.54) is 4.68 Å². The summed E-state index contributed by atoms with van der Waals surface area (Å²) in [5.41, 5.74) is 0.240.